The van der Waals surface area contributed by atoms with Crippen LogP contribution in [-0.2, 0) is 77.5 Å². The molecule has 24 rings (SSSR count). The monoisotopic (exact) mass is 2000 g/mol. The van der Waals surface area contributed by atoms with Crippen molar-refractivity contribution in [2.75, 3.05) is 19.8 Å². The van der Waals surface area contributed by atoms with Gasteiger partial charge in [0.05, 0.1) is 149 Å². The number of benzene rings is 6. The van der Waals surface area contributed by atoms with Crippen molar-refractivity contribution in [3.8, 4) is 0 Å². The van der Waals surface area contributed by atoms with E-state index < -0.39 is 6.10 Å². The number of carbonyl (C=O) groups excluding carboxylic acids is 2. The summed E-state index contributed by atoms with van der Waals surface area (Å²) in [5.74, 6) is 0.518. The molecule has 1 unspecified atom stereocenters. The Bertz CT molecular complexity index is 8790. The number of aldehydes is 1. The highest BCUT2D eigenvalue weighted by atomic mass is 79.9. The van der Waals surface area contributed by atoms with Gasteiger partial charge < -0.3 is 19.8 Å². The van der Waals surface area contributed by atoms with Crippen molar-refractivity contribution >= 4 is 174 Å². The number of Topliss-reactive ketones (excluding diaryl/α,β-unsaturated/α-hetero) is 1. The van der Waals surface area contributed by atoms with Crippen LogP contribution in [0.1, 0.15) is 115 Å². The largest absolute Gasteiger partial charge is 0.492 e. The molecule has 0 radical (unpaired) electrons. The summed E-state index contributed by atoms with van der Waals surface area (Å²) in [4.78, 5) is 52.9. The molecule has 1 atom stereocenters. The average molecular weight is 2010 g/mol. The number of nitrogens with zero attached hydrogens (tertiary/aromatic N) is 31. The zero-order chi connectivity index (χ0) is 98.2. The van der Waals surface area contributed by atoms with E-state index in [-0.39, 0.29) is 19.0 Å². The van der Waals surface area contributed by atoms with Crippen LogP contribution >= 0.6 is 50.7 Å². The molecule has 708 valence electrons. The maximum atomic E-state index is 11.5. The number of aromatic nitrogens is 30. The highest BCUT2D eigenvalue weighted by Gasteiger charge is 2.21. The standard InChI is InChI=1S/C19H20N6O2.C19H19N5O.C17H15N5O.C15H12ClN5O.C15H12ClN5.C9H8N2O.C6H3BrClN3/c1-13(23-27-8-7-26)17-4-6-19-20-12-16(25(19)22-17)10-14-3-5-18-15(9-14)11-21-24(18)2;1-4-25-13(2)17-6-8-19-20-12-16(24(19)22-17)10-14-5-7-18-15(9-14)11-21-23(18)3;1-11(23)15-4-6-17-18-10-14(22(17)20-15)8-12-3-5-16-13(7-12)9-19-21(16)2;1-20-11-3-2-9(6-10(11)7-18-20)15(22)12-8-17-14-5-4-13(16)19-21(12)14;1-20-13-3-2-10(6-11(13)8-18-20)7-12-9-17-15-5-4-14(16)19-21(12)15;1-11-9-3-2-7(6-12)4-8(9)5-10-11;7-4-3-9-6-2-1-5(8)10-11(4)6/h3-6,9,11-12,26H,7-8,10H2,1-2H3;5-9,11-12H,2,4,10H2,1,3H3;3-7,9-10H,8H2,1-2H3;2-8,15,22H,1H3;2-6,8-9H,7H2,1H3;2-6H,1H3;1-3H/b23-13+;;;;;;. The minimum Gasteiger partial charge on any atom is -0.492 e. The molecule has 0 fully saturated rings. The number of aliphatic hydroxyl groups excluding tert-OH is 2. The lowest BCUT2D eigenvalue weighted by Crippen LogP contribution is -2.07. The Labute approximate surface area is 825 Å². The highest BCUT2D eigenvalue weighted by molar-refractivity contribution is 9.10. The number of hydrogen-bond acceptors (Lipinski definition) is 25. The van der Waals surface area contributed by atoms with E-state index in [1.54, 1.807) is 101 Å². The van der Waals surface area contributed by atoms with Gasteiger partial charge in [-0.2, -0.15) is 61.2 Å². The van der Waals surface area contributed by atoms with E-state index in [0.717, 1.165) is 157 Å². The normalized spacial score (nSPS) is 11.7. The van der Waals surface area contributed by atoms with Crippen LogP contribution in [-0.4, -0.2) is 194 Å². The molecule has 0 aliphatic carbocycles. The molecular weight excluding hydrogens is 1920 g/mol. The molecule has 6 aromatic carbocycles. The smallest absolute Gasteiger partial charge is 0.179 e. The van der Waals surface area contributed by atoms with Crippen LogP contribution in [0.5, 0.6) is 0 Å². The predicted octanol–water partition coefficient (Wildman–Crippen LogP) is 16.3. The van der Waals surface area contributed by atoms with Gasteiger partial charge in [-0.25, -0.2) is 57.0 Å². The summed E-state index contributed by atoms with van der Waals surface area (Å²) in [6.45, 7) is 9.85. The summed E-state index contributed by atoms with van der Waals surface area (Å²) >= 11 is 20.8. The molecule has 0 amide bonds. The third-order valence-electron chi connectivity index (χ3n) is 23.1. The summed E-state index contributed by atoms with van der Waals surface area (Å²) < 4.78 is 27.7. The van der Waals surface area contributed by atoms with Gasteiger partial charge in [0.1, 0.15) is 67.6 Å². The molecule has 0 saturated carbocycles. The molecule has 24 aromatic rings. The number of halogens is 4. The van der Waals surface area contributed by atoms with Crippen LogP contribution < -0.4 is 0 Å². The van der Waals surface area contributed by atoms with Crippen LogP contribution in [0.3, 0.4) is 0 Å². The third-order valence-corrected chi connectivity index (χ3v) is 24.3. The Morgan fingerprint density at radius 3 is 1.16 bits per heavy atom. The average Bonchev–Trinajstić information content (AvgIpc) is 1.64. The molecule has 0 spiro atoms. The minimum atomic E-state index is -0.842. The van der Waals surface area contributed by atoms with Crippen molar-refractivity contribution in [2.24, 2.45) is 47.4 Å². The lowest BCUT2D eigenvalue weighted by atomic mass is 10.1. The number of aryl methyl sites for hydroxylation is 6. The van der Waals surface area contributed by atoms with Crippen LogP contribution in [0, 0.1) is 0 Å². The molecule has 0 aliphatic heterocycles. The molecule has 37 nitrogen and oxygen atoms in total. The lowest BCUT2D eigenvalue weighted by Gasteiger charge is -2.10. The first-order valence-corrected chi connectivity index (χ1v) is 46.1. The fourth-order valence-electron chi connectivity index (χ4n) is 15.9. The predicted molar refractivity (Wildman–Crippen MR) is 542 cm³/mol. The van der Waals surface area contributed by atoms with Crippen molar-refractivity contribution in [1.82, 2.24) is 146 Å². The van der Waals surface area contributed by atoms with E-state index in [2.05, 4.69) is 192 Å². The number of fused-ring (bicyclic) bond motifs is 12. The first kappa shape index (κ1) is 94.8. The van der Waals surface area contributed by atoms with Gasteiger partial charge >= 0.3 is 0 Å². The lowest BCUT2D eigenvalue weighted by molar-refractivity contribution is 0.0986. The SMILES string of the molecule is C/C(=N\OCCO)c1ccc2ncc(Cc3ccc4c(cnn4C)c3)n2n1.C=C(OCC)c1ccc2ncc(Cc3ccc4c(cnn4C)c3)n2n1.CC(=O)c1ccc2ncc(Cc3ccc4c(cnn4C)c3)n2n1.Clc1ccc2ncc(Br)n2n1.Cn1ncc2cc(C(O)c3cnc4ccc(Cl)nn34)ccc21.Cn1ncc2cc(C=O)ccc21.Cn1ncc2cc(Cc3cnc4ccc(Cl)nn34)ccc21. The Hall–Kier alpha value is -16.5. The molecule has 41 heteroatoms. The zero-order valence-corrected chi connectivity index (χ0v) is 81.3. The number of aliphatic hydroxyl groups is 2. The summed E-state index contributed by atoms with van der Waals surface area (Å²) in [6, 6.07) is 58.2. The summed E-state index contributed by atoms with van der Waals surface area (Å²) in [6.07, 6.45) is 24.5. The Kier molecular flexibility index (Phi) is 28.1. The van der Waals surface area contributed by atoms with Crippen LogP contribution in [0.25, 0.3) is 105 Å². The van der Waals surface area contributed by atoms with Gasteiger partial charge in [0.15, 0.2) is 39.7 Å². The molecule has 18 aromatic heterocycles. The topological polar surface area (TPSA) is 393 Å². The van der Waals surface area contributed by atoms with Crippen molar-refractivity contribution < 1.29 is 29.4 Å². The number of ketones is 1. The van der Waals surface area contributed by atoms with Crippen LogP contribution in [0.2, 0.25) is 15.5 Å². The van der Waals surface area contributed by atoms with Gasteiger partial charge in [0.2, 0.25) is 0 Å². The number of oxime groups is 1. The fourth-order valence-corrected chi connectivity index (χ4v) is 16.7. The molecule has 2 N–H and O–H groups in total. The quantitative estimate of drug-likeness (QED) is 0.0190. The van der Waals surface area contributed by atoms with Crippen molar-refractivity contribution in [2.45, 2.75) is 52.6 Å². The van der Waals surface area contributed by atoms with Gasteiger partial charge in [0.25, 0.3) is 0 Å². The maximum absolute atomic E-state index is 11.5. The van der Waals surface area contributed by atoms with Gasteiger partial charge in [-0.3, -0.25) is 37.7 Å². The third kappa shape index (κ3) is 21.2. The van der Waals surface area contributed by atoms with Gasteiger partial charge in [0, 0.05) is 113 Å². The minimum absolute atomic E-state index is 0.0525. The van der Waals surface area contributed by atoms with E-state index in [4.69, 9.17) is 49.5 Å². The van der Waals surface area contributed by atoms with E-state index in [1.807, 2.05) is 194 Å². The maximum Gasteiger partial charge on any atom is 0.179 e. The second kappa shape index (κ2) is 41.8. The Balaban J connectivity index is 0.000000110. The fraction of sp³-hybridized carbons (Fsp3) is 0.170. The summed E-state index contributed by atoms with van der Waals surface area (Å²) in [5.41, 5.74) is 24.2. The highest BCUT2D eigenvalue weighted by Crippen LogP contribution is 2.30. The van der Waals surface area contributed by atoms with E-state index in [0.29, 0.717) is 74.7 Å². The summed E-state index contributed by atoms with van der Waals surface area (Å²) in [5, 5.41) is 82.7. The summed E-state index contributed by atoms with van der Waals surface area (Å²) in [7, 11) is 11.5. The molecule has 0 aliphatic rings. The Morgan fingerprint density at radius 1 is 0.404 bits per heavy atom. The first-order chi connectivity index (χ1) is 68.3. The second-order valence-electron chi connectivity index (χ2n) is 32.7. The van der Waals surface area contributed by atoms with Crippen LogP contribution in [0.15, 0.2) is 273 Å². The van der Waals surface area contributed by atoms with Gasteiger partial charge in [-0.15, -0.1) is 0 Å². The molecule has 141 heavy (non-hydrogen) atoms. The van der Waals surface area contributed by atoms with E-state index in [1.165, 1.54) is 23.6 Å². The number of imidazole rings is 6. The number of ether oxygens (including phenoxy) is 1. The van der Waals surface area contributed by atoms with Crippen molar-refractivity contribution in [3.05, 3.63) is 362 Å². The Morgan fingerprint density at radius 2 is 0.738 bits per heavy atom. The van der Waals surface area contributed by atoms with Gasteiger partial charge in [-0.1, -0.05) is 76.9 Å². The number of hydrogen-bond donors (Lipinski definition) is 2. The van der Waals surface area contributed by atoms with Gasteiger partial charge in [-0.05, 0) is 209 Å². The number of rotatable bonds is 19. The van der Waals surface area contributed by atoms with Crippen LogP contribution in [0.4, 0.5) is 0 Å². The number of carbonyl (C=O) groups is 2. The van der Waals surface area contributed by atoms with E-state index >= 15 is 0 Å². The molecule has 18 heterocycles. The van der Waals surface area contributed by atoms with E-state index in [9.17, 15) is 14.7 Å². The molecule has 0 bridgehead atoms. The second-order valence-corrected chi connectivity index (χ2v) is 34.7. The van der Waals surface area contributed by atoms with Crippen molar-refractivity contribution in [3.63, 3.8) is 0 Å². The molecular formula is C100H89BrCl3N31O6. The van der Waals surface area contributed by atoms with Crippen molar-refractivity contribution in [1.29, 1.82) is 0 Å². The first-order valence-electron chi connectivity index (χ1n) is 44.2. The zero-order valence-electron chi connectivity index (χ0n) is 77.5. The molecule has 0 saturated heterocycles.